The maximum atomic E-state index is 4.50. The van der Waals surface area contributed by atoms with Crippen molar-refractivity contribution in [1.29, 1.82) is 0 Å². The summed E-state index contributed by atoms with van der Waals surface area (Å²) in [7, 11) is 1.50. The van der Waals surface area contributed by atoms with Crippen LogP contribution in [0.4, 0.5) is 0 Å². The van der Waals surface area contributed by atoms with Gasteiger partial charge in [0.25, 0.3) is 0 Å². The number of rotatable bonds is 0. The molecule has 0 amide bonds. The van der Waals surface area contributed by atoms with Gasteiger partial charge in [0.2, 0.25) is 0 Å². The molecule has 1 rings (SSSR count). The number of aromatic nitrogens is 1. The minimum absolute atomic E-state index is 1.23. The van der Waals surface area contributed by atoms with E-state index >= 15 is 0 Å². The lowest BCUT2D eigenvalue weighted by atomic mass is 10.5. The van der Waals surface area contributed by atoms with Gasteiger partial charge in [0.15, 0.2) is 0 Å². The van der Waals surface area contributed by atoms with Crippen molar-refractivity contribution in [3.63, 3.8) is 0 Å². The van der Waals surface area contributed by atoms with Crippen LogP contribution in [0.1, 0.15) is 11.4 Å². The predicted molar refractivity (Wildman–Crippen MR) is 40.4 cm³/mol. The van der Waals surface area contributed by atoms with E-state index in [1.165, 1.54) is 18.4 Å². The molecule has 0 spiro atoms. The first-order valence-electron chi connectivity index (χ1n) is 2.99. The molecular weight excluding hydrogens is 112 g/mol. The first kappa shape index (κ1) is 8.24. The first-order valence-corrected chi connectivity index (χ1v) is 2.99. The average Bonchev–Trinajstić information content (AvgIpc) is 2.20. The molecule has 2 nitrogen and oxygen atoms in total. The van der Waals surface area contributed by atoms with Crippen LogP contribution in [-0.4, -0.2) is 12.0 Å². The van der Waals surface area contributed by atoms with Crippen LogP contribution in [0.15, 0.2) is 12.1 Å². The van der Waals surface area contributed by atoms with Gasteiger partial charge in [-0.2, -0.15) is 0 Å². The van der Waals surface area contributed by atoms with Crippen molar-refractivity contribution < 1.29 is 0 Å². The summed E-state index contributed by atoms with van der Waals surface area (Å²) in [5, 5.41) is 0. The van der Waals surface area contributed by atoms with Gasteiger partial charge in [0.05, 0.1) is 0 Å². The highest BCUT2D eigenvalue weighted by Gasteiger charge is 1.82. The predicted octanol–water partition coefficient (Wildman–Crippen LogP) is 1.21. The number of H-pyrrole nitrogens is 1. The van der Waals surface area contributed by atoms with Crippen molar-refractivity contribution in [3.8, 4) is 0 Å². The first-order chi connectivity index (χ1) is 4.29. The van der Waals surface area contributed by atoms with Gasteiger partial charge in [-0.15, -0.1) is 0 Å². The summed E-state index contributed by atoms with van der Waals surface area (Å²) >= 11 is 0. The maximum Gasteiger partial charge on any atom is 0.0117 e. The third-order valence-corrected chi connectivity index (χ3v) is 0.978. The Morgan fingerprint density at radius 1 is 1.11 bits per heavy atom. The second-order valence-corrected chi connectivity index (χ2v) is 1.82. The maximum absolute atomic E-state index is 4.50. The van der Waals surface area contributed by atoms with E-state index in [1.807, 2.05) is 13.8 Å². The Labute approximate surface area is 56.1 Å². The Morgan fingerprint density at radius 2 is 1.44 bits per heavy atom. The van der Waals surface area contributed by atoms with Crippen LogP contribution in [0.25, 0.3) is 0 Å². The second kappa shape index (κ2) is 4.15. The van der Waals surface area contributed by atoms with Crippen LogP contribution in [-0.2, 0) is 0 Å². The molecule has 0 bridgehead atoms. The van der Waals surface area contributed by atoms with E-state index in [1.54, 1.807) is 0 Å². The van der Waals surface area contributed by atoms with Crippen molar-refractivity contribution in [2.75, 3.05) is 7.05 Å². The molecule has 0 radical (unpaired) electrons. The van der Waals surface area contributed by atoms with Gasteiger partial charge in [0, 0.05) is 11.4 Å². The summed E-state index contributed by atoms with van der Waals surface area (Å²) in [4.78, 5) is 3.14. The third kappa shape index (κ3) is 2.93. The smallest absolute Gasteiger partial charge is 0.0117 e. The Bertz CT molecular complexity index is 139. The van der Waals surface area contributed by atoms with Gasteiger partial charge >= 0.3 is 0 Å². The van der Waals surface area contributed by atoms with E-state index in [0.717, 1.165) is 0 Å². The molecule has 1 aromatic rings. The van der Waals surface area contributed by atoms with Crippen LogP contribution in [0.2, 0.25) is 0 Å². The molecule has 1 heterocycles. The largest absolute Gasteiger partial charge is 0.363 e. The van der Waals surface area contributed by atoms with Crippen LogP contribution in [0, 0.1) is 13.8 Å². The zero-order chi connectivity index (χ0) is 7.28. The lowest BCUT2D eigenvalue weighted by Crippen LogP contribution is -1.69. The van der Waals surface area contributed by atoms with Crippen molar-refractivity contribution in [2.24, 2.45) is 5.73 Å². The summed E-state index contributed by atoms with van der Waals surface area (Å²) in [5.41, 5.74) is 6.97. The van der Waals surface area contributed by atoms with Gasteiger partial charge in [-0.3, -0.25) is 0 Å². The Morgan fingerprint density at radius 3 is 1.56 bits per heavy atom. The highest BCUT2D eigenvalue weighted by Crippen LogP contribution is 1.95. The van der Waals surface area contributed by atoms with Crippen molar-refractivity contribution in [3.05, 3.63) is 23.5 Å². The normalized spacial score (nSPS) is 8.00. The SMILES string of the molecule is CN.Cc1ccc(C)[nH]1. The molecule has 0 saturated heterocycles. The molecule has 0 fully saturated rings. The van der Waals surface area contributed by atoms with Crippen molar-refractivity contribution in [1.82, 2.24) is 4.98 Å². The number of nitrogens with two attached hydrogens (primary N) is 1. The zero-order valence-electron chi connectivity index (χ0n) is 6.23. The van der Waals surface area contributed by atoms with E-state index in [0.29, 0.717) is 0 Å². The number of aromatic amines is 1. The Hall–Kier alpha value is -0.760. The van der Waals surface area contributed by atoms with Crippen LogP contribution in [0.3, 0.4) is 0 Å². The van der Waals surface area contributed by atoms with Crippen molar-refractivity contribution in [2.45, 2.75) is 13.8 Å². The van der Waals surface area contributed by atoms with Crippen LogP contribution < -0.4 is 5.73 Å². The van der Waals surface area contributed by atoms with E-state index in [-0.39, 0.29) is 0 Å². The van der Waals surface area contributed by atoms with Gasteiger partial charge in [-0.05, 0) is 33.0 Å². The lowest BCUT2D eigenvalue weighted by Gasteiger charge is -1.77. The van der Waals surface area contributed by atoms with E-state index < -0.39 is 0 Å². The van der Waals surface area contributed by atoms with Gasteiger partial charge in [-0.1, -0.05) is 0 Å². The minimum atomic E-state index is 1.23. The van der Waals surface area contributed by atoms with Gasteiger partial charge in [-0.25, -0.2) is 0 Å². The summed E-state index contributed by atoms with van der Waals surface area (Å²) < 4.78 is 0. The molecule has 1 aromatic heterocycles. The highest BCUT2D eigenvalue weighted by molar-refractivity contribution is 5.09. The summed E-state index contributed by atoms with van der Waals surface area (Å²) in [6, 6.07) is 4.13. The fourth-order valence-corrected chi connectivity index (χ4v) is 0.644. The molecule has 0 saturated carbocycles. The summed E-state index contributed by atoms with van der Waals surface area (Å²) in [6.07, 6.45) is 0. The Balaban J connectivity index is 0.000000291. The lowest BCUT2D eigenvalue weighted by molar-refractivity contribution is 1.19. The number of hydrogen-bond acceptors (Lipinski definition) is 1. The molecule has 9 heavy (non-hydrogen) atoms. The van der Waals surface area contributed by atoms with Crippen LogP contribution >= 0.6 is 0 Å². The summed E-state index contributed by atoms with van der Waals surface area (Å²) in [6.45, 7) is 4.10. The zero-order valence-corrected chi connectivity index (χ0v) is 6.23. The molecule has 0 aliphatic carbocycles. The molecular formula is C7H14N2. The van der Waals surface area contributed by atoms with Gasteiger partial charge < -0.3 is 10.7 Å². The molecule has 3 N–H and O–H groups in total. The number of hydrogen-bond donors (Lipinski definition) is 2. The molecule has 2 heteroatoms. The fourth-order valence-electron chi connectivity index (χ4n) is 0.644. The van der Waals surface area contributed by atoms with Gasteiger partial charge in [0.1, 0.15) is 0 Å². The van der Waals surface area contributed by atoms with Crippen molar-refractivity contribution >= 4 is 0 Å². The number of aryl methyl sites for hydroxylation is 2. The molecule has 0 atom stereocenters. The molecule has 0 aromatic carbocycles. The minimum Gasteiger partial charge on any atom is -0.363 e. The molecule has 0 aliphatic rings. The van der Waals surface area contributed by atoms with E-state index in [9.17, 15) is 0 Å². The average molecular weight is 126 g/mol. The second-order valence-electron chi connectivity index (χ2n) is 1.82. The molecule has 52 valence electrons. The van der Waals surface area contributed by atoms with Crippen LogP contribution in [0.5, 0.6) is 0 Å². The standard InChI is InChI=1S/C6H9N.CH5N/c1-5-3-4-6(2)7-5;1-2/h3-4,7H,1-2H3;2H2,1H3. The fraction of sp³-hybridized carbons (Fsp3) is 0.429. The quantitative estimate of drug-likeness (QED) is 0.539. The molecule has 0 unspecified atom stereocenters. The van der Waals surface area contributed by atoms with E-state index in [4.69, 9.17) is 0 Å². The Kier molecular flexibility index (Phi) is 3.80. The van der Waals surface area contributed by atoms with E-state index in [2.05, 4.69) is 22.9 Å². The molecule has 0 aliphatic heterocycles. The summed E-state index contributed by atoms with van der Waals surface area (Å²) in [5.74, 6) is 0. The third-order valence-electron chi connectivity index (χ3n) is 0.978. The topological polar surface area (TPSA) is 41.8 Å². The highest BCUT2D eigenvalue weighted by atomic mass is 14.7. The monoisotopic (exact) mass is 126 g/mol. The number of nitrogens with one attached hydrogen (secondary N) is 1.